The molecule has 0 aromatic heterocycles. The Kier molecular flexibility index (Phi) is 9.84. The highest BCUT2D eigenvalue weighted by molar-refractivity contribution is 5.79. The molecule has 1 heterocycles. The van der Waals surface area contributed by atoms with Crippen LogP contribution in [-0.2, 0) is 6.42 Å². The van der Waals surface area contributed by atoms with E-state index >= 15 is 0 Å². The first-order chi connectivity index (χ1) is 13.3. The number of aliphatic imine (C=N–C) groups is 1. The molecule has 0 radical (unpaired) electrons. The lowest BCUT2D eigenvalue weighted by atomic mass is 10.1. The van der Waals surface area contributed by atoms with Crippen molar-refractivity contribution < 1.29 is 9.47 Å². The maximum atomic E-state index is 5.38. The summed E-state index contributed by atoms with van der Waals surface area (Å²) in [5.41, 5.74) is 1.21. The minimum atomic E-state index is 0.762. The van der Waals surface area contributed by atoms with Gasteiger partial charge in [0.05, 0.1) is 20.8 Å². The third-order valence-electron chi connectivity index (χ3n) is 4.88. The van der Waals surface area contributed by atoms with E-state index in [1.807, 2.05) is 12.1 Å². The monoisotopic (exact) mass is 376 g/mol. The van der Waals surface area contributed by atoms with Crippen LogP contribution in [0, 0.1) is 0 Å². The maximum absolute atomic E-state index is 5.38. The van der Waals surface area contributed by atoms with Gasteiger partial charge in [-0.25, -0.2) is 0 Å². The van der Waals surface area contributed by atoms with E-state index in [4.69, 9.17) is 14.5 Å². The van der Waals surface area contributed by atoms with Crippen LogP contribution < -0.4 is 20.1 Å². The molecular formula is C21H36N4O2. The zero-order valence-corrected chi connectivity index (χ0v) is 17.2. The van der Waals surface area contributed by atoms with Gasteiger partial charge in [0.1, 0.15) is 0 Å². The molecule has 0 spiro atoms. The molecule has 6 nitrogen and oxygen atoms in total. The fourth-order valence-corrected chi connectivity index (χ4v) is 3.37. The van der Waals surface area contributed by atoms with Gasteiger partial charge in [0.2, 0.25) is 0 Å². The number of nitrogens with one attached hydrogen (secondary N) is 2. The summed E-state index contributed by atoms with van der Waals surface area (Å²) >= 11 is 0. The topological polar surface area (TPSA) is 58.1 Å². The van der Waals surface area contributed by atoms with E-state index in [-0.39, 0.29) is 0 Å². The van der Waals surface area contributed by atoms with Gasteiger partial charge in [-0.1, -0.05) is 18.9 Å². The van der Waals surface area contributed by atoms with Crippen molar-refractivity contribution in [3.05, 3.63) is 23.8 Å². The van der Waals surface area contributed by atoms with Gasteiger partial charge in [0.15, 0.2) is 17.5 Å². The standard InChI is InChI=1S/C21H36N4O2/c1-4-22-21(24-13-16-25-14-7-5-6-8-15-25)23-12-11-18-9-10-19(26-2)20(17-18)27-3/h9-10,17H,4-8,11-16H2,1-3H3,(H2,22,23,24). The van der Waals surface area contributed by atoms with Crippen LogP contribution >= 0.6 is 0 Å². The van der Waals surface area contributed by atoms with Crippen LogP contribution in [-0.4, -0.2) is 64.3 Å². The second kappa shape index (κ2) is 12.4. The van der Waals surface area contributed by atoms with Gasteiger partial charge in [-0.3, -0.25) is 4.99 Å². The molecular weight excluding hydrogens is 340 g/mol. The van der Waals surface area contributed by atoms with Crippen molar-refractivity contribution in [2.45, 2.75) is 39.0 Å². The van der Waals surface area contributed by atoms with E-state index in [1.54, 1.807) is 14.2 Å². The summed E-state index contributed by atoms with van der Waals surface area (Å²) in [5, 5.41) is 6.77. The summed E-state index contributed by atoms with van der Waals surface area (Å²) < 4.78 is 10.7. The molecule has 0 atom stereocenters. The molecule has 1 saturated heterocycles. The fourth-order valence-electron chi connectivity index (χ4n) is 3.37. The number of hydrogen-bond acceptors (Lipinski definition) is 4. The normalized spacial score (nSPS) is 15.9. The molecule has 2 rings (SSSR count). The van der Waals surface area contributed by atoms with E-state index in [9.17, 15) is 0 Å². The molecule has 0 unspecified atom stereocenters. The number of likely N-dealkylation sites (tertiary alicyclic amines) is 1. The van der Waals surface area contributed by atoms with Crippen molar-refractivity contribution in [1.29, 1.82) is 0 Å². The van der Waals surface area contributed by atoms with Crippen molar-refractivity contribution in [1.82, 2.24) is 15.5 Å². The first-order valence-electron chi connectivity index (χ1n) is 10.2. The Morgan fingerprint density at radius 2 is 1.78 bits per heavy atom. The van der Waals surface area contributed by atoms with Crippen molar-refractivity contribution >= 4 is 5.96 Å². The smallest absolute Gasteiger partial charge is 0.191 e. The summed E-state index contributed by atoms with van der Waals surface area (Å²) in [5.74, 6) is 2.43. The number of nitrogens with zero attached hydrogens (tertiary/aromatic N) is 2. The Morgan fingerprint density at radius 1 is 1.04 bits per heavy atom. The lowest BCUT2D eigenvalue weighted by Gasteiger charge is -2.19. The molecule has 0 amide bonds. The molecule has 1 aliphatic rings. The Balaban J connectivity index is 1.79. The van der Waals surface area contributed by atoms with Gasteiger partial charge in [-0.15, -0.1) is 0 Å². The Morgan fingerprint density at radius 3 is 2.44 bits per heavy atom. The lowest BCUT2D eigenvalue weighted by molar-refractivity contribution is 0.293. The maximum Gasteiger partial charge on any atom is 0.191 e. The van der Waals surface area contributed by atoms with Crippen LogP contribution in [0.3, 0.4) is 0 Å². The van der Waals surface area contributed by atoms with E-state index in [2.05, 4.69) is 28.5 Å². The van der Waals surface area contributed by atoms with Crippen molar-refractivity contribution in [2.24, 2.45) is 4.99 Å². The third-order valence-corrected chi connectivity index (χ3v) is 4.88. The number of guanidine groups is 1. The first kappa shape index (κ1) is 21.4. The average Bonchev–Trinajstić information content (AvgIpc) is 2.96. The van der Waals surface area contributed by atoms with E-state index in [0.29, 0.717) is 0 Å². The highest BCUT2D eigenvalue weighted by Crippen LogP contribution is 2.27. The van der Waals surface area contributed by atoms with Gasteiger partial charge in [-0.2, -0.15) is 0 Å². The van der Waals surface area contributed by atoms with Crippen LogP contribution in [0.4, 0.5) is 0 Å². The SMILES string of the molecule is CCNC(=NCCN1CCCCCC1)NCCc1ccc(OC)c(OC)c1. The molecule has 1 aromatic rings. The summed E-state index contributed by atoms with van der Waals surface area (Å²) in [6, 6.07) is 6.06. The second-order valence-corrected chi connectivity index (χ2v) is 6.88. The highest BCUT2D eigenvalue weighted by atomic mass is 16.5. The van der Waals surface area contributed by atoms with Gasteiger partial charge >= 0.3 is 0 Å². The van der Waals surface area contributed by atoms with Gasteiger partial charge in [0, 0.05) is 19.6 Å². The van der Waals surface area contributed by atoms with Crippen LogP contribution in [0.2, 0.25) is 0 Å². The second-order valence-electron chi connectivity index (χ2n) is 6.88. The summed E-state index contributed by atoms with van der Waals surface area (Å²) in [6.07, 6.45) is 6.30. The number of rotatable bonds is 9. The Hall–Kier alpha value is -1.95. The van der Waals surface area contributed by atoms with Crippen LogP contribution in [0.1, 0.15) is 38.2 Å². The molecule has 1 aliphatic heterocycles. The van der Waals surface area contributed by atoms with Crippen molar-refractivity contribution in [3.63, 3.8) is 0 Å². The molecule has 2 N–H and O–H groups in total. The highest BCUT2D eigenvalue weighted by Gasteiger charge is 2.08. The number of methoxy groups -OCH3 is 2. The largest absolute Gasteiger partial charge is 0.493 e. The quantitative estimate of drug-likeness (QED) is 0.513. The van der Waals surface area contributed by atoms with E-state index in [1.165, 1.54) is 44.3 Å². The number of hydrogen-bond donors (Lipinski definition) is 2. The van der Waals surface area contributed by atoms with E-state index < -0.39 is 0 Å². The minimum Gasteiger partial charge on any atom is -0.493 e. The number of ether oxygens (including phenoxy) is 2. The molecule has 27 heavy (non-hydrogen) atoms. The van der Waals surface area contributed by atoms with Crippen LogP contribution in [0.15, 0.2) is 23.2 Å². The predicted molar refractivity (Wildman–Crippen MR) is 112 cm³/mol. The van der Waals surface area contributed by atoms with Crippen LogP contribution in [0.25, 0.3) is 0 Å². The zero-order valence-electron chi connectivity index (χ0n) is 17.2. The van der Waals surface area contributed by atoms with Gasteiger partial charge < -0.3 is 25.0 Å². The molecule has 0 aliphatic carbocycles. The summed E-state index contributed by atoms with van der Waals surface area (Å²) in [6.45, 7) is 8.12. The molecule has 6 heteroatoms. The first-order valence-corrected chi connectivity index (χ1v) is 10.2. The third kappa shape index (κ3) is 7.67. The molecule has 0 bridgehead atoms. The molecule has 1 aromatic carbocycles. The average molecular weight is 377 g/mol. The number of benzene rings is 1. The van der Waals surface area contributed by atoms with Crippen molar-refractivity contribution in [2.75, 3.05) is 53.5 Å². The minimum absolute atomic E-state index is 0.762. The fraction of sp³-hybridized carbons (Fsp3) is 0.667. The van der Waals surface area contributed by atoms with Gasteiger partial charge in [0.25, 0.3) is 0 Å². The summed E-state index contributed by atoms with van der Waals surface area (Å²) in [7, 11) is 3.32. The molecule has 1 fully saturated rings. The Labute approximate surface area is 164 Å². The molecule has 0 saturated carbocycles. The van der Waals surface area contributed by atoms with Crippen molar-refractivity contribution in [3.8, 4) is 11.5 Å². The van der Waals surface area contributed by atoms with Gasteiger partial charge in [-0.05, 0) is 57.0 Å². The predicted octanol–water partition coefficient (Wildman–Crippen LogP) is 2.68. The van der Waals surface area contributed by atoms with E-state index in [0.717, 1.165) is 50.1 Å². The Bertz CT molecular complexity index is 569. The van der Waals surface area contributed by atoms with Crippen LogP contribution in [0.5, 0.6) is 11.5 Å². The summed E-state index contributed by atoms with van der Waals surface area (Å²) in [4.78, 5) is 7.28. The zero-order chi connectivity index (χ0) is 19.3. The molecule has 152 valence electrons. The lowest BCUT2D eigenvalue weighted by Crippen LogP contribution is -2.39.